The number of benzene rings is 2. The lowest BCUT2D eigenvalue weighted by Crippen LogP contribution is -2.16. The van der Waals surface area contributed by atoms with Gasteiger partial charge in [-0.25, -0.2) is 0 Å². The number of thiazole rings is 1. The van der Waals surface area contributed by atoms with Crippen molar-refractivity contribution in [2.45, 2.75) is 13.5 Å². The molecule has 0 radical (unpaired) electrons. The Bertz CT molecular complexity index is 1040. The van der Waals surface area contributed by atoms with Crippen LogP contribution in [-0.2, 0) is 6.54 Å². The molecule has 2 aromatic carbocycles. The van der Waals surface area contributed by atoms with E-state index in [2.05, 4.69) is 11.6 Å². The van der Waals surface area contributed by atoms with Crippen LogP contribution in [0.2, 0.25) is 10.0 Å². The standard InChI is InChI=1S/C19H16Cl2N2O2S/c1-3-11-23-17-15(10-9-14(20)16(17)21)26-19(23)22-18(24)12-5-7-13(8-6-12)25-4-2/h3,5-10H,1,4,11H2,2H3. The summed E-state index contributed by atoms with van der Waals surface area (Å²) in [5.74, 6) is 0.383. The van der Waals surface area contributed by atoms with E-state index in [1.54, 1.807) is 36.4 Å². The Balaban J connectivity index is 2.08. The van der Waals surface area contributed by atoms with Gasteiger partial charge in [0.1, 0.15) is 5.75 Å². The SMILES string of the molecule is C=CCn1c(=NC(=O)c2ccc(OCC)cc2)sc2ccc(Cl)c(Cl)c21. The predicted octanol–water partition coefficient (Wildman–Crippen LogP) is 5.34. The van der Waals surface area contributed by atoms with Gasteiger partial charge in [0.05, 0.1) is 26.9 Å². The van der Waals surface area contributed by atoms with Crippen molar-refractivity contribution in [1.29, 1.82) is 0 Å². The lowest BCUT2D eigenvalue weighted by atomic mass is 10.2. The van der Waals surface area contributed by atoms with Crippen molar-refractivity contribution in [3.05, 3.63) is 69.5 Å². The third kappa shape index (κ3) is 3.70. The molecule has 3 aromatic rings. The second-order valence-electron chi connectivity index (χ2n) is 5.37. The van der Waals surface area contributed by atoms with E-state index in [1.165, 1.54) is 11.3 Å². The van der Waals surface area contributed by atoms with Crippen molar-refractivity contribution in [3.63, 3.8) is 0 Å². The van der Waals surface area contributed by atoms with Gasteiger partial charge in [-0.2, -0.15) is 4.99 Å². The third-order valence-electron chi connectivity index (χ3n) is 3.66. The van der Waals surface area contributed by atoms with Gasteiger partial charge in [0.25, 0.3) is 5.91 Å². The largest absolute Gasteiger partial charge is 0.494 e. The van der Waals surface area contributed by atoms with E-state index in [4.69, 9.17) is 27.9 Å². The Hall–Kier alpha value is -2.08. The molecule has 0 fully saturated rings. The maximum absolute atomic E-state index is 12.6. The molecule has 0 saturated heterocycles. The van der Waals surface area contributed by atoms with Crippen LogP contribution in [0.25, 0.3) is 10.2 Å². The topological polar surface area (TPSA) is 43.6 Å². The van der Waals surface area contributed by atoms with Crippen LogP contribution < -0.4 is 9.54 Å². The minimum absolute atomic E-state index is 0.334. The molecule has 0 spiro atoms. The van der Waals surface area contributed by atoms with E-state index in [0.717, 1.165) is 10.2 Å². The van der Waals surface area contributed by atoms with Crippen molar-refractivity contribution < 1.29 is 9.53 Å². The predicted molar refractivity (Wildman–Crippen MR) is 108 cm³/mol. The van der Waals surface area contributed by atoms with Gasteiger partial charge in [0, 0.05) is 12.1 Å². The Labute approximate surface area is 165 Å². The average Bonchev–Trinajstić information content (AvgIpc) is 2.97. The molecule has 0 unspecified atom stereocenters. The number of fused-ring (bicyclic) bond motifs is 1. The number of ether oxygens (including phenoxy) is 1. The smallest absolute Gasteiger partial charge is 0.279 e. The Morgan fingerprint density at radius 2 is 2.00 bits per heavy atom. The highest BCUT2D eigenvalue weighted by molar-refractivity contribution is 7.16. The summed E-state index contributed by atoms with van der Waals surface area (Å²) in [7, 11) is 0. The number of carbonyl (C=O) groups is 1. The van der Waals surface area contributed by atoms with Crippen LogP contribution in [0.5, 0.6) is 5.75 Å². The molecule has 0 aliphatic heterocycles. The number of aromatic nitrogens is 1. The van der Waals surface area contributed by atoms with Crippen molar-refractivity contribution >= 4 is 50.7 Å². The fraction of sp³-hybridized carbons (Fsp3) is 0.158. The summed E-state index contributed by atoms with van der Waals surface area (Å²) in [6, 6.07) is 10.5. The molecule has 1 heterocycles. The second-order valence-corrected chi connectivity index (χ2v) is 7.16. The molecule has 0 aliphatic carbocycles. The van der Waals surface area contributed by atoms with Crippen LogP contribution in [0.1, 0.15) is 17.3 Å². The number of allylic oxidation sites excluding steroid dienone is 1. The first kappa shape index (κ1) is 18.7. The molecule has 1 amide bonds. The third-order valence-corrected chi connectivity index (χ3v) is 5.49. The van der Waals surface area contributed by atoms with Crippen molar-refractivity contribution in [3.8, 4) is 5.75 Å². The lowest BCUT2D eigenvalue weighted by molar-refractivity contribution is 0.0998. The van der Waals surface area contributed by atoms with Gasteiger partial charge in [0.15, 0.2) is 4.80 Å². The minimum Gasteiger partial charge on any atom is -0.494 e. The summed E-state index contributed by atoms with van der Waals surface area (Å²) in [5.41, 5.74) is 1.24. The molecule has 0 aliphatic rings. The molecule has 26 heavy (non-hydrogen) atoms. The van der Waals surface area contributed by atoms with Crippen LogP contribution in [0.3, 0.4) is 0 Å². The Morgan fingerprint density at radius 1 is 1.27 bits per heavy atom. The number of hydrogen-bond acceptors (Lipinski definition) is 3. The van der Waals surface area contributed by atoms with E-state index < -0.39 is 0 Å². The maximum atomic E-state index is 12.6. The fourth-order valence-electron chi connectivity index (χ4n) is 2.50. The van der Waals surface area contributed by atoms with E-state index in [0.29, 0.717) is 39.3 Å². The number of rotatable bonds is 5. The van der Waals surface area contributed by atoms with E-state index in [9.17, 15) is 4.79 Å². The average molecular weight is 407 g/mol. The first-order chi connectivity index (χ1) is 12.5. The van der Waals surface area contributed by atoms with Gasteiger partial charge < -0.3 is 9.30 Å². The summed E-state index contributed by atoms with van der Waals surface area (Å²) in [5, 5.41) is 0.899. The Morgan fingerprint density at radius 3 is 2.65 bits per heavy atom. The van der Waals surface area contributed by atoms with Crippen molar-refractivity contribution in [2.75, 3.05) is 6.61 Å². The quantitative estimate of drug-likeness (QED) is 0.536. The number of amides is 1. The monoisotopic (exact) mass is 406 g/mol. The Kier molecular flexibility index (Phi) is 5.81. The molecule has 4 nitrogen and oxygen atoms in total. The highest BCUT2D eigenvalue weighted by Gasteiger charge is 2.13. The second kappa shape index (κ2) is 8.08. The maximum Gasteiger partial charge on any atom is 0.279 e. The summed E-state index contributed by atoms with van der Waals surface area (Å²) in [4.78, 5) is 17.4. The van der Waals surface area contributed by atoms with Crippen LogP contribution in [0.4, 0.5) is 0 Å². The molecule has 0 atom stereocenters. The van der Waals surface area contributed by atoms with Gasteiger partial charge in [-0.1, -0.05) is 40.6 Å². The van der Waals surface area contributed by atoms with Gasteiger partial charge in [-0.15, -0.1) is 6.58 Å². The zero-order chi connectivity index (χ0) is 18.7. The highest BCUT2D eigenvalue weighted by atomic mass is 35.5. The fourth-order valence-corrected chi connectivity index (χ4v) is 4.02. The summed E-state index contributed by atoms with van der Waals surface area (Å²) >= 11 is 13.9. The van der Waals surface area contributed by atoms with Crippen LogP contribution in [0, 0.1) is 0 Å². The summed E-state index contributed by atoms with van der Waals surface area (Å²) in [6.45, 7) is 6.72. The highest BCUT2D eigenvalue weighted by Crippen LogP contribution is 2.32. The van der Waals surface area contributed by atoms with E-state index in [1.807, 2.05) is 17.6 Å². The minimum atomic E-state index is -0.334. The van der Waals surface area contributed by atoms with E-state index in [-0.39, 0.29) is 5.91 Å². The molecular weight excluding hydrogens is 391 g/mol. The number of hydrogen-bond donors (Lipinski definition) is 0. The molecule has 3 rings (SSSR count). The number of halogens is 2. The molecule has 0 saturated carbocycles. The van der Waals surface area contributed by atoms with Crippen LogP contribution in [0.15, 0.2) is 54.0 Å². The zero-order valence-electron chi connectivity index (χ0n) is 14.0. The van der Waals surface area contributed by atoms with Crippen LogP contribution >= 0.6 is 34.5 Å². The molecule has 7 heteroatoms. The van der Waals surface area contributed by atoms with Gasteiger partial charge in [-0.05, 0) is 43.3 Å². The number of nitrogens with zero attached hydrogens (tertiary/aromatic N) is 2. The van der Waals surface area contributed by atoms with E-state index >= 15 is 0 Å². The first-order valence-electron chi connectivity index (χ1n) is 7.95. The first-order valence-corrected chi connectivity index (χ1v) is 9.52. The van der Waals surface area contributed by atoms with Crippen molar-refractivity contribution in [1.82, 2.24) is 4.57 Å². The molecule has 1 aromatic heterocycles. The summed E-state index contributed by atoms with van der Waals surface area (Å²) < 4.78 is 8.14. The van der Waals surface area contributed by atoms with Crippen molar-refractivity contribution in [2.24, 2.45) is 4.99 Å². The normalized spacial score (nSPS) is 11.7. The molecule has 134 valence electrons. The molecule has 0 bridgehead atoms. The number of carbonyl (C=O) groups excluding carboxylic acids is 1. The summed E-state index contributed by atoms with van der Waals surface area (Å²) in [6.07, 6.45) is 1.73. The van der Waals surface area contributed by atoms with Crippen LogP contribution in [-0.4, -0.2) is 17.1 Å². The van der Waals surface area contributed by atoms with Gasteiger partial charge >= 0.3 is 0 Å². The molecule has 0 N–H and O–H groups in total. The van der Waals surface area contributed by atoms with Gasteiger partial charge in [0.2, 0.25) is 0 Å². The molecular formula is C19H16Cl2N2O2S. The lowest BCUT2D eigenvalue weighted by Gasteiger charge is -2.04. The van der Waals surface area contributed by atoms with Gasteiger partial charge in [-0.3, -0.25) is 4.79 Å². The zero-order valence-corrected chi connectivity index (χ0v) is 16.4.